The van der Waals surface area contributed by atoms with E-state index in [2.05, 4.69) is 36.2 Å². The van der Waals surface area contributed by atoms with Gasteiger partial charge in [-0.15, -0.1) is 0 Å². The van der Waals surface area contributed by atoms with Gasteiger partial charge in [-0.2, -0.15) is 0 Å². The van der Waals surface area contributed by atoms with E-state index >= 15 is 0 Å². The molecule has 0 aromatic heterocycles. The summed E-state index contributed by atoms with van der Waals surface area (Å²) >= 11 is 0. The zero-order valence-corrected chi connectivity index (χ0v) is 13.6. The molecule has 0 aliphatic rings. The van der Waals surface area contributed by atoms with E-state index in [-0.39, 0.29) is 5.97 Å². The van der Waals surface area contributed by atoms with Gasteiger partial charge in [0.1, 0.15) is 0 Å². The predicted molar refractivity (Wildman–Crippen MR) is 93.4 cm³/mol. The Morgan fingerprint density at radius 3 is 2.43 bits per heavy atom. The Balaban J connectivity index is 1.61. The molecule has 0 saturated heterocycles. The summed E-state index contributed by atoms with van der Waals surface area (Å²) in [5.41, 5.74) is 8.12. The van der Waals surface area contributed by atoms with Gasteiger partial charge in [0.25, 0.3) is 0 Å². The summed E-state index contributed by atoms with van der Waals surface area (Å²) in [6.07, 6.45) is 1.86. The van der Waals surface area contributed by atoms with Crippen LogP contribution in [0.4, 0.5) is 5.69 Å². The van der Waals surface area contributed by atoms with E-state index in [1.54, 1.807) is 24.3 Å². The summed E-state index contributed by atoms with van der Waals surface area (Å²) < 4.78 is 5.27. The minimum atomic E-state index is -0.295. The number of nitrogen functional groups attached to an aromatic ring is 1. The van der Waals surface area contributed by atoms with Crippen molar-refractivity contribution in [1.29, 1.82) is 0 Å². The molecule has 0 aliphatic heterocycles. The molecule has 2 aromatic carbocycles. The quantitative estimate of drug-likeness (QED) is 0.462. The van der Waals surface area contributed by atoms with Crippen LogP contribution in [0.15, 0.2) is 54.6 Å². The Morgan fingerprint density at radius 2 is 1.74 bits per heavy atom. The van der Waals surface area contributed by atoms with Crippen molar-refractivity contribution >= 4 is 11.7 Å². The summed E-state index contributed by atoms with van der Waals surface area (Å²) in [6, 6.07) is 17.2. The van der Waals surface area contributed by atoms with E-state index in [1.165, 1.54) is 5.56 Å². The monoisotopic (exact) mass is 312 g/mol. The van der Waals surface area contributed by atoms with Crippen LogP contribution in [0.5, 0.6) is 0 Å². The maximum atomic E-state index is 11.8. The van der Waals surface area contributed by atoms with Gasteiger partial charge in [-0.25, -0.2) is 4.79 Å². The Morgan fingerprint density at radius 1 is 1.04 bits per heavy atom. The Labute approximate surface area is 137 Å². The van der Waals surface area contributed by atoms with E-state index < -0.39 is 0 Å². The number of likely N-dealkylation sites (N-methyl/N-ethyl adjacent to an activating group) is 1. The first-order valence-electron chi connectivity index (χ1n) is 7.90. The van der Waals surface area contributed by atoms with Crippen molar-refractivity contribution in [2.45, 2.75) is 12.8 Å². The number of hydrogen-bond donors (Lipinski definition) is 1. The SMILES string of the molecule is CN(CCCOC(=O)c1ccc(N)cc1)CCc1ccccc1. The molecule has 23 heavy (non-hydrogen) atoms. The minimum Gasteiger partial charge on any atom is -0.462 e. The fourth-order valence-electron chi connectivity index (χ4n) is 2.28. The van der Waals surface area contributed by atoms with Crippen molar-refractivity contribution in [2.24, 2.45) is 0 Å². The number of nitrogens with zero attached hydrogens (tertiary/aromatic N) is 1. The zero-order chi connectivity index (χ0) is 16.5. The lowest BCUT2D eigenvalue weighted by Gasteiger charge is -2.16. The topological polar surface area (TPSA) is 55.6 Å². The maximum absolute atomic E-state index is 11.8. The summed E-state index contributed by atoms with van der Waals surface area (Å²) in [4.78, 5) is 14.1. The fraction of sp³-hybridized carbons (Fsp3) is 0.316. The number of esters is 1. The van der Waals surface area contributed by atoms with Crippen LogP contribution in [0.25, 0.3) is 0 Å². The molecule has 0 aliphatic carbocycles. The fourth-order valence-corrected chi connectivity index (χ4v) is 2.28. The number of carbonyl (C=O) groups excluding carboxylic acids is 1. The molecule has 4 nitrogen and oxygen atoms in total. The molecule has 2 rings (SSSR count). The van der Waals surface area contributed by atoms with E-state index in [9.17, 15) is 4.79 Å². The normalized spacial score (nSPS) is 10.7. The molecular formula is C19H24N2O2. The average molecular weight is 312 g/mol. The van der Waals surface area contributed by atoms with E-state index in [1.807, 2.05) is 6.07 Å². The number of hydrogen-bond acceptors (Lipinski definition) is 4. The van der Waals surface area contributed by atoms with Gasteiger partial charge in [0.15, 0.2) is 0 Å². The molecule has 0 spiro atoms. The van der Waals surface area contributed by atoms with E-state index in [0.717, 1.165) is 25.9 Å². The van der Waals surface area contributed by atoms with Gasteiger partial charge < -0.3 is 15.4 Å². The minimum absolute atomic E-state index is 0.295. The summed E-state index contributed by atoms with van der Waals surface area (Å²) in [6.45, 7) is 2.33. The van der Waals surface area contributed by atoms with Crippen LogP contribution < -0.4 is 5.73 Å². The molecule has 2 N–H and O–H groups in total. The molecule has 0 heterocycles. The van der Waals surface area contributed by atoms with Gasteiger partial charge in [0.2, 0.25) is 0 Å². The van der Waals surface area contributed by atoms with Crippen LogP contribution >= 0.6 is 0 Å². The lowest BCUT2D eigenvalue weighted by molar-refractivity contribution is 0.0491. The summed E-state index contributed by atoms with van der Waals surface area (Å²) in [5, 5.41) is 0. The van der Waals surface area contributed by atoms with Gasteiger partial charge >= 0.3 is 5.97 Å². The number of benzene rings is 2. The first-order valence-corrected chi connectivity index (χ1v) is 7.90. The first kappa shape index (κ1) is 17.0. The van der Waals surface area contributed by atoms with Crippen LogP contribution in [-0.2, 0) is 11.2 Å². The number of carbonyl (C=O) groups is 1. The molecule has 4 heteroatoms. The van der Waals surface area contributed by atoms with Crippen molar-refractivity contribution in [3.63, 3.8) is 0 Å². The van der Waals surface area contributed by atoms with Crippen molar-refractivity contribution < 1.29 is 9.53 Å². The molecular weight excluding hydrogens is 288 g/mol. The molecule has 0 unspecified atom stereocenters. The maximum Gasteiger partial charge on any atom is 0.338 e. The van der Waals surface area contributed by atoms with E-state index in [0.29, 0.717) is 17.9 Å². The third kappa shape index (κ3) is 6.12. The van der Waals surface area contributed by atoms with Crippen molar-refractivity contribution in [1.82, 2.24) is 4.90 Å². The first-order chi connectivity index (χ1) is 11.1. The van der Waals surface area contributed by atoms with Crippen molar-refractivity contribution in [3.8, 4) is 0 Å². The van der Waals surface area contributed by atoms with Gasteiger partial charge in [-0.1, -0.05) is 30.3 Å². The van der Waals surface area contributed by atoms with Crippen LogP contribution in [-0.4, -0.2) is 37.6 Å². The predicted octanol–water partition coefficient (Wildman–Crippen LogP) is 2.99. The van der Waals surface area contributed by atoms with Crippen molar-refractivity contribution in [3.05, 3.63) is 65.7 Å². The molecule has 122 valence electrons. The number of rotatable bonds is 8. The highest BCUT2D eigenvalue weighted by molar-refractivity contribution is 5.89. The number of anilines is 1. The smallest absolute Gasteiger partial charge is 0.338 e. The van der Waals surface area contributed by atoms with Gasteiger partial charge in [0, 0.05) is 18.8 Å². The second kappa shape index (κ2) is 8.96. The molecule has 0 radical (unpaired) electrons. The average Bonchev–Trinajstić information content (AvgIpc) is 2.58. The Bertz CT molecular complexity index is 597. The Hall–Kier alpha value is -2.33. The summed E-state index contributed by atoms with van der Waals surface area (Å²) in [5.74, 6) is -0.295. The third-order valence-electron chi connectivity index (χ3n) is 3.69. The van der Waals surface area contributed by atoms with Crippen LogP contribution in [0.3, 0.4) is 0 Å². The third-order valence-corrected chi connectivity index (χ3v) is 3.69. The van der Waals surface area contributed by atoms with Crippen molar-refractivity contribution in [2.75, 3.05) is 32.5 Å². The van der Waals surface area contributed by atoms with Gasteiger partial charge in [0.05, 0.1) is 12.2 Å². The lowest BCUT2D eigenvalue weighted by atomic mass is 10.1. The van der Waals surface area contributed by atoms with Gasteiger partial charge in [-0.3, -0.25) is 0 Å². The van der Waals surface area contributed by atoms with Crippen LogP contribution in [0, 0.1) is 0 Å². The standard InChI is InChI=1S/C19H24N2O2/c1-21(14-12-16-6-3-2-4-7-16)13-5-15-23-19(22)17-8-10-18(20)11-9-17/h2-4,6-11H,5,12-15,20H2,1H3. The second-order valence-electron chi connectivity index (χ2n) is 5.65. The molecule has 0 bridgehead atoms. The highest BCUT2D eigenvalue weighted by Crippen LogP contribution is 2.07. The molecule has 2 aromatic rings. The molecule has 0 amide bonds. The molecule has 0 saturated carbocycles. The number of ether oxygens (including phenoxy) is 1. The molecule has 0 atom stereocenters. The summed E-state index contributed by atoms with van der Waals surface area (Å²) in [7, 11) is 2.09. The molecule has 0 fully saturated rings. The second-order valence-corrected chi connectivity index (χ2v) is 5.65. The Kier molecular flexibility index (Phi) is 6.63. The zero-order valence-electron chi connectivity index (χ0n) is 13.6. The van der Waals surface area contributed by atoms with Gasteiger partial charge in [-0.05, 0) is 49.7 Å². The highest BCUT2D eigenvalue weighted by Gasteiger charge is 2.06. The van der Waals surface area contributed by atoms with Crippen LogP contribution in [0.1, 0.15) is 22.3 Å². The highest BCUT2D eigenvalue weighted by atomic mass is 16.5. The van der Waals surface area contributed by atoms with E-state index in [4.69, 9.17) is 10.5 Å². The largest absolute Gasteiger partial charge is 0.462 e. The number of nitrogens with two attached hydrogens (primary N) is 1. The van der Waals surface area contributed by atoms with Crippen LogP contribution in [0.2, 0.25) is 0 Å². The lowest BCUT2D eigenvalue weighted by Crippen LogP contribution is -2.23.